The minimum Gasteiger partial charge on any atom is -0.335 e. The maximum Gasteiger partial charge on any atom is 0.416 e. The summed E-state index contributed by atoms with van der Waals surface area (Å²) in [5, 5.41) is 5.57. The second kappa shape index (κ2) is 6.93. The molecular weight excluding hydrogens is 335 g/mol. The quantitative estimate of drug-likeness (QED) is 0.875. The summed E-state index contributed by atoms with van der Waals surface area (Å²) in [5.74, 6) is -0.464. The number of rotatable bonds is 3. The number of hydrogen-bond donors (Lipinski definition) is 2. The van der Waals surface area contributed by atoms with Gasteiger partial charge in [-0.15, -0.1) is 0 Å². The lowest BCUT2D eigenvalue weighted by molar-refractivity contribution is -0.137. The summed E-state index contributed by atoms with van der Waals surface area (Å²) < 4.78 is 37.6. The van der Waals surface area contributed by atoms with Crippen LogP contribution in [0.4, 0.5) is 23.7 Å². The molecule has 0 aromatic heterocycles. The first-order chi connectivity index (χ1) is 11.8. The first kappa shape index (κ1) is 17.6. The SMILES string of the molecule is O=C(Nc1ccc(C(F)(F)F)cc1)C1CCN(C(=O)NC2CC2)CC1. The average molecular weight is 355 g/mol. The molecule has 2 aliphatic rings. The Hall–Kier alpha value is -2.25. The number of alkyl halides is 3. The molecule has 1 aromatic carbocycles. The van der Waals surface area contributed by atoms with E-state index in [-0.39, 0.29) is 17.9 Å². The molecule has 0 spiro atoms. The van der Waals surface area contributed by atoms with Crippen LogP contribution in [0.2, 0.25) is 0 Å². The Balaban J connectivity index is 1.48. The zero-order valence-corrected chi connectivity index (χ0v) is 13.6. The summed E-state index contributed by atoms with van der Waals surface area (Å²) in [4.78, 5) is 25.9. The van der Waals surface area contributed by atoms with E-state index in [0.29, 0.717) is 37.7 Å². The molecule has 1 aliphatic heterocycles. The van der Waals surface area contributed by atoms with Crippen LogP contribution >= 0.6 is 0 Å². The molecule has 1 aromatic rings. The van der Waals surface area contributed by atoms with Gasteiger partial charge in [-0.2, -0.15) is 13.2 Å². The Kier molecular flexibility index (Phi) is 4.87. The van der Waals surface area contributed by atoms with E-state index >= 15 is 0 Å². The Bertz CT molecular complexity index is 634. The van der Waals surface area contributed by atoms with Crippen molar-refractivity contribution in [1.29, 1.82) is 0 Å². The third kappa shape index (κ3) is 4.64. The van der Waals surface area contributed by atoms with Crippen LogP contribution in [0.1, 0.15) is 31.2 Å². The molecular formula is C17H20F3N3O2. The Morgan fingerprint density at radius 3 is 2.12 bits per heavy atom. The number of likely N-dealkylation sites (tertiary alicyclic amines) is 1. The van der Waals surface area contributed by atoms with Gasteiger partial charge in [0.25, 0.3) is 0 Å². The van der Waals surface area contributed by atoms with Crippen molar-refractivity contribution in [3.05, 3.63) is 29.8 Å². The van der Waals surface area contributed by atoms with Gasteiger partial charge in [0.1, 0.15) is 0 Å². The normalized spacial score (nSPS) is 18.8. The molecule has 1 saturated carbocycles. The number of carbonyl (C=O) groups excluding carboxylic acids is 2. The maximum atomic E-state index is 12.5. The number of hydrogen-bond acceptors (Lipinski definition) is 2. The molecule has 0 atom stereocenters. The zero-order chi connectivity index (χ0) is 18.0. The van der Waals surface area contributed by atoms with Gasteiger partial charge in [-0.1, -0.05) is 0 Å². The molecule has 1 heterocycles. The number of anilines is 1. The second-order valence-electron chi connectivity index (χ2n) is 6.55. The molecule has 0 radical (unpaired) electrons. The van der Waals surface area contributed by atoms with E-state index in [1.54, 1.807) is 4.90 Å². The lowest BCUT2D eigenvalue weighted by atomic mass is 9.96. The molecule has 1 saturated heterocycles. The molecule has 2 N–H and O–H groups in total. The van der Waals surface area contributed by atoms with Gasteiger partial charge in [-0.3, -0.25) is 4.79 Å². The predicted molar refractivity (Wildman–Crippen MR) is 85.9 cm³/mol. The van der Waals surface area contributed by atoms with Gasteiger partial charge >= 0.3 is 12.2 Å². The summed E-state index contributed by atoms with van der Waals surface area (Å²) >= 11 is 0. The van der Waals surface area contributed by atoms with E-state index < -0.39 is 11.7 Å². The van der Waals surface area contributed by atoms with Gasteiger partial charge in [0.05, 0.1) is 5.56 Å². The van der Waals surface area contributed by atoms with Gasteiger partial charge in [-0.05, 0) is 49.9 Å². The van der Waals surface area contributed by atoms with Crippen LogP contribution in [-0.2, 0) is 11.0 Å². The summed E-state index contributed by atoms with van der Waals surface area (Å²) in [6.45, 7) is 1.01. The Morgan fingerprint density at radius 2 is 1.60 bits per heavy atom. The highest BCUT2D eigenvalue weighted by Gasteiger charge is 2.31. The highest BCUT2D eigenvalue weighted by molar-refractivity contribution is 5.92. The van der Waals surface area contributed by atoms with Crippen molar-refractivity contribution in [1.82, 2.24) is 10.2 Å². The number of piperidine rings is 1. The van der Waals surface area contributed by atoms with Crippen LogP contribution < -0.4 is 10.6 Å². The van der Waals surface area contributed by atoms with Gasteiger partial charge in [0.15, 0.2) is 0 Å². The predicted octanol–water partition coefficient (Wildman–Crippen LogP) is 3.23. The minimum absolute atomic E-state index is 0.0795. The molecule has 25 heavy (non-hydrogen) atoms. The van der Waals surface area contributed by atoms with Crippen LogP contribution in [0.25, 0.3) is 0 Å². The minimum atomic E-state index is -4.39. The number of urea groups is 1. The van der Waals surface area contributed by atoms with Crippen molar-refractivity contribution in [3.8, 4) is 0 Å². The average Bonchev–Trinajstić information content (AvgIpc) is 3.38. The lowest BCUT2D eigenvalue weighted by Gasteiger charge is -2.31. The third-order valence-electron chi connectivity index (χ3n) is 4.54. The molecule has 8 heteroatoms. The summed E-state index contributed by atoms with van der Waals surface area (Å²) in [5.41, 5.74) is -0.410. The molecule has 1 aliphatic carbocycles. The fourth-order valence-electron chi connectivity index (χ4n) is 2.83. The van der Waals surface area contributed by atoms with Gasteiger partial charge in [-0.25, -0.2) is 4.79 Å². The van der Waals surface area contributed by atoms with E-state index in [1.165, 1.54) is 12.1 Å². The molecule has 2 fully saturated rings. The van der Waals surface area contributed by atoms with Crippen LogP contribution in [0, 0.1) is 5.92 Å². The van der Waals surface area contributed by atoms with Crippen molar-refractivity contribution in [2.75, 3.05) is 18.4 Å². The van der Waals surface area contributed by atoms with Gasteiger partial charge in [0, 0.05) is 30.7 Å². The first-order valence-corrected chi connectivity index (χ1v) is 8.36. The second-order valence-corrected chi connectivity index (χ2v) is 6.55. The van der Waals surface area contributed by atoms with E-state index in [2.05, 4.69) is 10.6 Å². The first-order valence-electron chi connectivity index (χ1n) is 8.36. The number of halogens is 3. The third-order valence-corrected chi connectivity index (χ3v) is 4.54. The van der Waals surface area contributed by atoms with Crippen molar-refractivity contribution in [3.63, 3.8) is 0 Å². The maximum absolute atomic E-state index is 12.5. The standard InChI is InChI=1S/C17H20F3N3O2/c18-17(19,20)12-1-3-13(4-2-12)21-15(24)11-7-9-23(10-8-11)16(25)22-14-5-6-14/h1-4,11,14H,5-10H2,(H,21,24)(H,22,25). The smallest absolute Gasteiger partial charge is 0.335 e. The summed E-state index contributed by atoms with van der Waals surface area (Å²) in [7, 11) is 0. The zero-order valence-electron chi connectivity index (χ0n) is 13.6. The summed E-state index contributed by atoms with van der Waals surface area (Å²) in [6.07, 6.45) is -1.25. The van der Waals surface area contributed by atoms with E-state index in [9.17, 15) is 22.8 Å². The summed E-state index contributed by atoms with van der Waals surface area (Å²) in [6, 6.07) is 4.61. The highest BCUT2D eigenvalue weighted by Crippen LogP contribution is 2.30. The van der Waals surface area contributed by atoms with Crippen molar-refractivity contribution < 1.29 is 22.8 Å². The van der Waals surface area contributed by atoms with Crippen molar-refractivity contribution in [2.24, 2.45) is 5.92 Å². The Labute approximate surface area is 143 Å². The molecule has 3 amide bonds. The molecule has 136 valence electrons. The number of amides is 3. The highest BCUT2D eigenvalue weighted by atomic mass is 19.4. The molecule has 5 nitrogen and oxygen atoms in total. The number of benzene rings is 1. The van der Waals surface area contributed by atoms with Crippen LogP contribution in [0.15, 0.2) is 24.3 Å². The van der Waals surface area contributed by atoms with E-state index in [4.69, 9.17) is 0 Å². The van der Waals surface area contributed by atoms with Gasteiger partial charge in [0.2, 0.25) is 5.91 Å². The molecule has 0 unspecified atom stereocenters. The van der Waals surface area contributed by atoms with Gasteiger partial charge < -0.3 is 15.5 Å². The van der Waals surface area contributed by atoms with Crippen LogP contribution in [0.5, 0.6) is 0 Å². The molecule has 3 rings (SSSR count). The van der Waals surface area contributed by atoms with E-state index in [1.807, 2.05) is 0 Å². The van der Waals surface area contributed by atoms with Crippen molar-refractivity contribution >= 4 is 17.6 Å². The van der Waals surface area contributed by atoms with Crippen LogP contribution in [0.3, 0.4) is 0 Å². The van der Waals surface area contributed by atoms with E-state index in [0.717, 1.165) is 25.0 Å². The van der Waals surface area contributed by atoms with Crippen molar-refractivity contribution in [2.45, 2.75) is 37.9 Å². The number of nitrogens with zero attached hydrogens (tertiary/aromatic N) is 1. The topological polar surface area (TPSA) is 61.4 Å². The Morgan fingerprint density at radius 1 is 1.00 bits per heavy atom. The fourth-order valence-corrected chi connectivity index (χ4v) is 2.83. The molecule has 0 bridgehead atoms. The van der Waals surface area contributed by atoms with Crippen LogP contribution in [-0.4, -0.2) is 36.0 Å². The fraction of sp³-hybridized carbons (Fsp3) is 0.529. The monoisotopic (exact) mass is 355 g/mol. The lowest BCUT2D eigenvalue weighted by Crippen LogP contribution is -2.46. The number of carbonyl (C=O) groups is 2. The largest absolute Gasteiger partial charge is 0.416 e. The number of nitrogens with one attached hydrogen (secondary N) is 2.